The van der Waals surface area contributed by atoms with E-state index in [2.05, 4.69) is 12.1 Å². The Hall–Kier alpha value is -2.92. The summed E-state index contributed by atoms with van der Waals surface area (Å²) >= 11 is 1.63. The van der Waals surface area contributed by atoms with E-state index in [9.17, 15) is 9.59 Å². The second-order valence-corrected chi connectivity index (χ2v) is 7.80. The van der Waals surface area contributed by atoms with E-state index in [1.165, 1.54) is 7.11 Å². The maximum atomic E-state index is 13.0. The molecule has 2 aromatic carbocycles. The highest BCUT2D eigenvalue weighted by atomic mass is 32.1. The minimum atomic E-state index is -0.643. The Morgan fingerprint density at radius 2 is 1.75 bits per heavy atom. The van der Waals surface area contributed by atoms with Gasteiger partial charge < -0.3 is 9.64 Å². The number of thiophene rings is 1. The van der Waals surface area contributed by atoms with Crippen LogP contribution in [0.15, 0.2) is 66.0 Å². The molecule has 1 aliphatic rings. The van der Waals surface area contributed by atoms with Crippen LogP contribution in [0.4, 0.5) is 0 Å². The molecule has 1 amide bonds. The molecule has 0 N–H and O–H groups in total. The molecule has 142 valence electrons. The molecule has 0 fully saturated rings. The number of rotatable bonds is 4. The van der Waals surface area contributed by atoms with Crippen LogP contribution in [0.25, 0.3) is 11.1 Å². The van der Waals surface area contributed by atoms with Crippen molar-refractivity contribution in [3.05, 3.63) is 82.0 Å². The van der Waals surface area contributed by atoms with Crippen molar-refractivity contribution in [2.75, 3.05) is 13.7 Å². The van der Waals surface area contributed by atoms with Crippen LogP contribution < -0.4 is 0 Å². The third kappa shape index (κ3) is 3.58. The second kappa shape index (κ2) is 7.98. The van der Waals surface area contributed by atoms with Gasteiger partial charge in [0.05, 0.1) is 13.5 Å². The van der Waals surface area contributed by atoms with Crippen LogP contribution in [0.5, 0.6) is 0 Å². The summed E-state index contributed by atoms with van der Waals surface area (Å²) in [4.78, 5) is 28.2. The number of ether oxygens (including phenoxy) is 1. The fourth-order valence-electron chi connectivity index (χ4n) is 3.67. The molecule has 1 aliphatic heterocycles. The average molecular weight is 391 g/mol. The molecule has 1 aromatic heterocycles. The molecule has 1 atom stereocenters. The average Bonchev–Trinajstić information content (AvgIpc) is 3.22. The van der Waals surface area contributed by atoms with Gasteiger partial charge in [0.15, 0.2) is 6.04 Å². The third-order valence-electron chi connectivity index (χ3n) is 5.13. The van der Waals surface area contributed by atoms with Gasteiger partial charge in [-0.3, -0.25) is 4.79 Å². The molecular weight excluding hydrogens is 370 g/mol. The van der Waals surface area contributed by atoms with Crippen LogP contribution in [0, 0.1) is 0 Å². The Morgan fingerprint density at radius 3 is 2.46 bits per heavy atom. The van der Waals surface area contributed by atoms with Crippen LogP contribution in [0.3, 0.4) is 0 Å². The Morgan fingerprint density at radius 1 is 1.04 bits per heavy atom. The van der Waals surface area contributed by atoms with Crippen molar-refractivity contribution in [2.24, 2.45) is 0 Å². The number of fused-ring (bicyclic) bond motifs is 1. The number of hydrogen-bond acceptors (Lipinski definition) is 4. The minimum Gasteiger partial charge on any atom is -0.467 e. The molecule has 0 saturated heterocycles. The highest BCUT2D eigenvalue weighted by molar-refractivity contribution is 7.10. The van der Waals surface area contributed by atoms with E-state index in [0.717, 1.165) is 33.6 Å². The van der Waals surface area contributed by atoms with Crippen molar-refractivity contribution in [3.8, 4) is 11.1 Å². The Kier molecular flexibility index (Phi) is 5.26. The van der Waals surface area contributed by atoms with Gasteiger partial charge in [-0.1, -0.05) is 54.6 Å². The first-order chi connectivity index (χ1) is 13.7. The van der Waals surface area contributed by atoms with Crippen molar-refractivity contribution in [3.63, 3.8) is 0 Å². The van der Waals surface area contributed by atoms with Gasteiger partial charge in [-0.05, 0) is 40.1 Å². The molecule has 0 bridgehead atoms. The number of methoxy groups -OCH3 is 1. The summed E-state index contributed by atoms with van der Waals surface area (Å²) in [5.74, 6) is -0.438. The fourth-order valence-corrected chi connectivity index (χ4v) is 4.58. The maximum Gasteiger partial charge on any atom is 0.333 e. The molecule has 4 rings (SSSR count). The van der Waals surface area contributed by atoms with Crippen LogP contribution >= 0.6 is 11.3 Å². The number of esters is 1. The van der Waals surface area contributed by atoms with Gasteiger partial charge in [0.2, 0.25) is 5.91 Å². The van der Waals surface area contributed by atoms with Crippen LogP contribution in [0.1, 0.15) is 22.0 Å². The van der Waals surface area contributed by atoms with E-state index in [0.29, 0.717) is 6.54 Å². The lowest BCUT2D eigenvalue weighted by molar-refractivity contribution is -0.153. The van der Waals surface area contributed by atoms with Crippen LogP contribution in [-0.4, -0.2) is 30.4 Å². The molecule has 2 heterocycles. The van der Waals surface area contributed by atoms with E-state index in [-0.39, 0.29) is 18.3 Å². The van der Waals surface area contributed by atoms with Crippen molar-refractivity contribution in [1.82, 2.24) is 4.90 Å². The monoisotopic (exact) mass is 391 g/mol. The van der Waals surface area contributed by atoms with Crippen molar-refractivity contribution in [1.29, 1.82) is 0 Å². The molecule has 1 unspecified atom stereocenters. The molecule has 3 aromatic rings. The molecule has 0 spiro atoms. The van der Waals surface area contributed by atoms with Gasteiger partial charge in [-0.15, -0.1) is 11.3 Å². The van der Waals surface area contributed by atoms with Gasteiger partial charge in [-0.2, -0.15) is 0 Å². The highest BCUT2D eigenvalue weighted by Gasteiger charge is 2.37. The van der Waals surface area contributed by atoms with Gasteiger partial charge in [-0.25, -0.2) is 4.79 Å². The Bertz CT molecular complexity index is 979. The first kappa shape index (κ1) is 18.4. The Labute approximate surface area is 168 Å². The molecule has 4 nitrogen and oxygen atoms in total. The lowest BCUT2D eigenvalue weighted by atomic mass is 9.98. The third-order valence-corrected chi connectivity index (χ3v) is 6.12. The number of benzene rings is 2. The summed E-state index contributed by atoms with van der Waals surface area (Å²) in [6.07, 6.45) is 1.04. The van der Waals surface area contributed by atoms with Crippen molar-refractivity contribution >= 4 is 23.2 Å². The summed E-state index contributed by atoms with van der Waals surface area (Å²) in [7, 11) is 1.37. The molecule has 5 heteroatoms. The zero-order chi connectivity index (χ0) is 19.5. The van der Waals surface area contributed by atoms with Crippen LogP contribution in [0.2, 0.25) is 0 Å². The molecule has 28 heavy (non-hydrogen) atoms. The van der Waals surface area contributed by atoms with Gasteiger partial charge in [0, 0.05) is 11.4 Å². The van der Waals surface area contributed by atoms with E-state index < -0.39 is 6.04 Å². The van der Waals surface area contributed by atoms with Gasteiger partial charge in [0.1, 0.15) is 0 Å². The van der Waals surface area contributed by atoms with Gasteiger partial charge in [0.25, 0.3) is 0 Å². The molecule has 0 saturated carbocycles. The lowest BCUT2D eigenvalue weighted by Gasteiger charge is -2.34. The first-order valence-corrected chi connectivity index (χ1v) is 10.1. The highest BCUT2D eigenvalue weighted by Crippen LogP contribution is 2.34. The predicted octanol–water partition coefficient (Wildman–Crippen LogP) is 4.26. The molecule has 0 radical (unpaired) electrons. The number of amides is 1. The predicted molar refractivity (Wildman–Crippen MR) is 110 cm³/mol. The molecule has 0 aliphatic carbocycles. The summed E-state index contributed by atoms with van der Waals surface area (Å²) in [6, 6.07) is 19.4. The smallest absolute Gasteiger partial charge is 0.333 e. The number of hydrogen-bond donors (Lipinski definition) is 0. The van der Waals surface area contributed by atoms with E-state index in [4.69, 9.17) is 4.74 Å². The maximum absolute atomic E-state index is 13.0. The standard InChI is InChI=1S/C23H21NO3S/c1-27-23(26)22-19-12-14-28-20(19)11-13-24(22)21(25)15-16-7-9-18(10-8-16)17-5-3-2-4-6-17/h2-10,12,14,22H,11,13,15H2,1H3. The zero-order valence-electron chi connectivity index (χ0n) is 15.6. The number of nitrogens with zero attached hydrogens (tertiary/aromatic N) is 1. The topological polar surface area (TPSA) is 46.6 Å². The van der Waals surface area contributed by atoms with E-state index in [1.807, 2.05) is 53.9 Å². The van der Waals surface area contributed by atoms with Crippen molar-refractivity contribution < 1.29 is 14.3 Å². The largest absolute Gasteiger partial charge is 0.467 e. The fraction of sp³-hybridized carbons (Fsp3) is 0.217. The van der Waals surface area contributed by atoms with Gasteiger partial charge >= 0.3 is 5.97 Å². The summed E-state index contributed by atoms with van der Waals surface area (Å²) in [6.45, 7) is 0.536. The normalized spacial score (nSPS) is 15.8. The van der Waals surface area contributed by atoms with Crippen LogP contribution in [-0.2, 0) is 27.2 Å². The SMILES string of the molecule is COC(=O)C1c2ccsc2CCN1C(=O)Cc1ccc(-c2ccccc2)cc1. The number of carbonyl (C=O) groups is 2. The quantitative estimate of drug-likeness (QED) is 0.625. The lowest BCUT2D eigenvalue weighted by Crippen LogP contribution is -2.44. The summed E-state index contributed by atoms with van der Waals surface area (Å²) < 4.78 is 4.98. The Balaban J connectivity index is 1.52. The second-order valence-electron chi connectivity index (χ2n) is 6.80. The number of carbonyl (C=O) groups excluding carboxylic acids is 2. The first-order valence-electron chi connectivity index (χ1n) is 9.25. The van der Waals surface area contributed by atoms with Crippen molar-refractivity contribution in [2.45, 2.75) is 18.9 Å². The summed E-state index contributed by atoms with van der Waals surface area (Å²) in [5, 5.41) is 1.97. The van der Waals surface area contributed by atoms with E-state index in [1.54, 1.807) is 16.2 Å². The zero-order valence-corrected chi connectivity index (χ0v) is 16.4. The minimum absolute atomic E-state index is 0.0558. The van der Waals surface area contributed by atoms with E-state index >= 15 is 0 Å². The molecular formula is C23H21NO3S. The summed E-state index contributed by atoms with van der Waals surface area (Å²) in [5.41, 5.74) is 4.09.